The molecule has 0 heterocycles. The van der Waals surface area contributed by atoms with Crippen LogP contribution in [0.4, 0.5) is 0 Å². The van der Waals surface area contributed by atoms with E-state index in [2.05, 4.69) is 5.16 Å². The Kier molecular flexibility index (Phi) is 4.47. The quantitative estimate of drug-likeness (QED) is 0.335. The van der Waals surface area contributed by atoms with Gasteiger partial charge in [-0.25, -0.2) is 0 Å². The molecule has 1 amide bonds. The maximum Gasteiger partial charge on any atom is 0.253 e. The van der Waals surface area contributed by atoms with Crippen LogP contribution in [-0.2, 0) is 0 Å². The molecule has 6 nitrogen and oxygen atoms in total. The van der Waals surface area contributed by atoms with E-state index < -0.39 is 5.60 Å². The summed E-state index contributed by atoms with van der Waals surface area (Å²) >= 11 is 0. The molecule has 6 heteroatoms. The van der Waals surface area contributed by atoms with E-state index in [9.17, 15) is 9.90 Å². The Morgan fingerprint density at radius 3 is 2.33 bits per heavy atom. The molecule has 1 saturated carbocycles. The summed E-state index contributed by atoms with van der Waals surface area (Å²) in [4.78, 5) is 13.9. The highest BCUT2D eigenvalue weighted by atomic mass is 16.4. The van der Waals surface area contributed by atoms with Crippen LogP contribution in [0, 0.1) is 0 Å². The Bertz CT molecular complexity index is 534. The maximum atomic E-state index is 12.3. The summed E-state index contributed by atoms with van der Waals surface area (Å²) in [6.07, 6.45) is 3.50. The number of amides is 1. The van der Waals surface area contributed by atoms with Crippen molar-refractivity contribution >= 4 is 11.7 Å². The van der Waals surface area contributed by atoms with E-state index in [-0.39, 0.29) is 11.7 Å². The van der Waals surface area contributed by atoms with Crippen LogP contribution in [0.3, 0.4) is 0 Å². The largest absolute Gasteiger partial charge is 0.409 e. The number of hydrogen-bond donors (Lipinski definition) is 3. The average molecular weight is 291 g/mol. The van der Waals surface area contributed by atoms with Gasteiger partial charge in [-0.3, -0.25) is 4.79 Å². The number of nitrogens with two attached hydrogens (primary N) is 1. The maximum absolute atomic E-state index is 12.3. The van der Waals surface area contributed by atoms with E-state index in [0.717, 1.165) is 25.7 Å². The number of nitrogens with zero attached hydrogens (tertiary/aromatic N) is 2. The minimum atomic E-state index is -0.752. The second-order valence-electron chi connectivity index (χ2n) is 5.66. The number of hydrogen-bond acceptors (Lipinski definition) is 4. The molecule has 114 valence electrons. The Balaban J connectivity index is 2.05. The molecule has 0 unspecified atom stereocenters. The molecule has 0 saturated heterocycles. The van der Waals surface area contributed by atoms with Crippen LogP contribution in [-0.4, -0.2) is 46.1 Å². The van der Waals surface area contributed by atoms with Crippen molar-refractivity contribution in [3.8, 4) is 0 Å². The van der Waals surface area contributed by atoms with Crippen LogP contribution in [0.5, 0.6) is 0 Å². The number of benzene rings is 1. The molecule has 1 aliphatic carbocycles. The summed E-state index contributed by atoms with van der Waals surface area (Å²) in [6.45, 7) is 0.341. The molecule has 2 rings (SSSR count). The molecule has 1 aliphatic rings. The van der Waals surface area contributed by atoms with Gasteiger partial charge >= 0.3 is 0 Å². The van der Waals surface area contributed by atoms with Gasteiger partial charge in [0.1, 0.15) is 0 Å². The van der Waals surface area contributed by atoms with E-state index in [4.69, 9.17) is 10.9 Å². The van der Waals surface area contributed by atoms with Crippen molar-refractivity contribution in [2.24, 2.45) is 10.9 Å². The Hall–Kier alpha value is -2.08. The van der Waals surface area contributed by atoms with Gasteiger partial charge in [-0.15, -0.1) is 0 Å². The van der Waals surface area contributed by atoms with Gasteiger partial charge < -0.3 is 20.9 Å². The number of amidine groups is 1. The number of aliphatic hydroxyl groups is 1. The van der Waals surface area contributed by atoms with E-state index in [1.165, 1.54) is 0 Å². The standard InChI is InChI=1S/C15H21N3O3/c1-18(10-15(20)8-2-3-9-15)14(19)12-6-4-11(5-7-12)13(16)17-21/h4-7,20-21H,2-3,8-10H2,1H3,(H2,16,17). The van der Waals surface area contributed by atoms with Crippen LogP contribution in [0.25, 0.3) is 0 Å². The summed E-state index contributed by atoms with van der Waals surface area (Å²) < 4.78 is 0. The molecule has 0 aromatic heterocycles. The number of rotatable bonds is 4. The summed E-state index contributed by atoms with van der Waals surface area (Å²) in [5.74, 6) is -0.149. The van der Waals surface area contributed by atoms with Gasteiger partial charge in [0.2, 0.25) is 0 Å². The molecule has 0 atom stereocenters. The third-order valence-corrected chi connectivity index (χ3v) is 3.95. The Labute approximate surface area is 123 Å². The summed E-state index contributed by atoms with van der Waals surface area (Å²) in [5, 5.41) is 21.9. The lowest BCUT2D eigenvalue weighted by molar-refractivity contribution is 0.0157. The normalized spacial score (nSPS) is 17.7. The first-order chi connectivity index (χ1) is 9.95. The molecular weight excluding hydrogens is 270 g/mol. The molecule has 1 aromatic rings. The highest BCUT2D eigenvalue weighted by molar-refractivity contribution is 5.99. The van der Waals surface area contributed by atoms with Crippen molar-refractivity contribution in [1.82, 2.24) is 4.90 Å². The van der Waals surface area contributed by atoms with E-state index in [0.29, 0.717) is 17.7 Å². The Morgan fingerprint density at radius 2 is 1.81 bits per heavy atom. The van der Waals surface area contributed by atoms with Crippen molar-refractivity contribution in [3.63, 3.8) is 0 Å². The first kappa shape index (κ1) is 15.3. The van der Waals surface area contributed by atoms with Gasteiger partial charge in [-0.2, -0.15) is 0 Å². The molecule has 0 radical (unpaired) electrons. The molecule has 0 bridgehead atoms. The first-order valence-electron chi connectivity index (χ1n) is 7.01. The van der Waals surface area contributed by atoms with Crippen LogP contribution >= 0.6 is 0 Å². The number of carbonyl (C=O) groups is 1. The van der Waals surface area contributed by atoms with Gasteiger partial charge in [0.15, 0.2) is 5.84 Å². The predicted molar refractivity (Wildman–Crippen MR) is 79.3 cm³/mol. The van der Waals surface area contributed by atoms with Crippen LogP contribution in [0.15, 0.2) is 29.4 Å². The number of carbonyl (C=O) groups excluding carboxylic acids is 1. The topological polar surface area (TPSA) is 99.2 Å². The fourth-order valence-electron chi connectivity index (χ4n) is 2.77. The van der Waals surface area contributed by atoms with Gasteiger partial charge in [0.05, 0.1) is 5.60 Å². The highest BCUT2D eigenvalue weighted by Crippen LogP contribution is 2.30. The van der Waals surface area contributed by atoms with Crippen LogP contribution < -0.4 is 5.73 Å². The average Bonchev–Trinajstić information content (AvgIpc) is 2.92. The summed E-state index contributed by atoms with van der Waals surface area (Å²) in [5.41, 5.74) is 5.78. The lowest BCUT2D eigenvalue weighted by Gasteiger charge is -2.28. The zero-order valence-corrected chi connectivity index (χ0v) is 12.1. The zero-order chi connectivity index (χ0) is 15.5. The van der Waals surface area contributed by atoms with Crippen molar-refractivity contribution in [3.05, 3.63) is 35.4 Å². The predicted octanol–water partition coefficient (Wildman–Crippen LogP) is 1.16. The summed E-state index contributed by atoms with van der Waals surface area (Å²) in [7, 11) is 1.69. The second-order valence-corrected chi connectivity index (χ2v) is 5.66. The van der Waals surface area contributed by atoms with Gasteiger partial charge in [0.25, 0.3) is 5.91 Å². The third-order valence-electron chi connectivity index (χ3n) is 3.95. The zero-order valence-electron chi connectivity index (χ0n) is 12.1. The lowest BCUT2D eigenvalue weighted by atomic mass is 10.0. The second kappa shape index (κ2) is 6.13. The molecule has 4 N–H and O–H groups in total. The van der Waals surface area contributed by atoms with Crippen molar-refractivity contribution in [1.29, 1.82) is 0 Å². The molecule has 1 aromatic carbocycles. The fraction of sp³-hybridized carbons (Fsp3) is 0.467. The van der Waals surface area contributed by atoms with Gasteiger partial charge in [0, 0.05) is 24.7 Å². The van der Waals surface area contributed by atoms with E-state index in [1.54, 1.807) is 36.2 Å². The third kappa shape index (κ3) is 3.52. The Morgan fingerprint density at radius 1 is 1.29 bits per heavy atom. The van der Waals surface area contributed by atoms with Crippen molar-refractivity contribution in [2.75, 3.05) is 13.6 Å². The number of likely N-dealkylation sites (N-methyl/N-ethyl adjacent to an activating group) is 1. The lowest BCUT2D eigenvalue weighted by Crippen LogP contribution is -2.42. The fourth-order valence-corrected chi connectivity index (χ4v) is 2.77. The molecular formula is C15H21N3O3. The summed E-state index contributed by atoms with van der Waals surface area (Å²) in [6, 6.07) is 6.51. The first-order valence-corrected chi connectivity index (χ1v) is 7.01. The molecule has 1 fully saturated rings. The van der Waals surface area contributed by atoms with Crippen molar-refractivity contribution < 1.29 is 15.1 Å². The van der Waals surface area contributed by atoms with Crippen molar-refractivity contribution in [2.45, 2.75) is 31.3 Å². The minimum absolute atomic E-state index is 0.00243. The molecule has 21 heavy (non-hydrogen) atoms. The molecule has 0 aliphatic heterocycles. The highest BCUT2D eigenvalue weighted by Gasteiger charge is 2.33. The van der Waals surface area contributed by atoms with E-state index in [1.807, 2.05) is 0 Å². The smallest absolute Gasteiger partial charge is 0.253 e. The van der Waals surface area contributed by atoms with Gasteiger partial charge in [-0.1, -0.05) is 30.1 Å². The SMILES string of the molecule is CN(CC1(O)CCCC1)C(=O)c1ccc(/C(N)=N/O)cc1. The molecule has 0 spiro atoms. The van der Waals surface area contributed by atoms with Gasteiger partial charge in [-0.05, 0) is 25.0 Å². The minimum Gasteiger partial charge on any atom is -0.409 e. The number of oxime groups is 1. The monoisotopic (exact) mass is 291 g/mol. The van der Waals surface area contributed by atoms with E-state index >= 15 is 0 Å². The van der Waals surface area contributed by atoms with Crippen LogP contribution in [0.1, 0.15) is 41.6 Å². The van der Waals surface area contributed by atoms with Crippen LogP contribution in [0.2, 0.25) is 0 Å².